The van der Waals surface area contributed by atoms with Crippen molar-refractivity contribution < 1.29 is 9.53 Å². The van der Waals surface area contributed by atoms with Gasteiger partial charge >= 0.3 is 6.09 Å². The van der Waals surface area contributed by atoms with Gasteiger partial charge in [0, 0.05) is 0 Å². The Morgan fingerprint density at radius 1 is 0.815 bits per heavy atom. The van der Waals surface area contributed by atoms with Gasteiger partial charge in [0.2, 0.25) is 0 Å². The molecule has 0 spiro atoms. The van der Waals surface area contributed by atoms with Crippen LogP contribution in [0.5, 0.6) is 0 Å². The van der Waals surface area contributed by atoms with E-state index >= 15 is 0 Å². The Bertz CT molecular complexity index is 955. The fourth-order valence-electron chi connectivity index (χ4n) is 4.54. The van der Waals surface area contributed by atoms with Crippen molar-refractivity contribution in [3.05, 3.63) is 83.4 Å². The van der Waals surface area contributed by atoms with E-state index in [2.05, 4.69) is 64.1 Å². The second-order valence-corrected chi connectivity index (χ2v) is 8.20. The average molecular weight is 359 g/mol. The lowest BCUT2D eigenvalue weighted by molar-refractivity contribution is -0.00352. The van der Waals surface area contributed by atoms with E-state index in [4.69, 9.17) is 4.74 Å². The first-order chi connectivity index (χ1) is 12.8. The second kappa shape index (κ2) is 6.12. The third-order valence-electron chi connectivity index (χ3n) is 5.73. The topological polar surface area (TPSA) is 29.5 Å². The molecule has 3 aromatic rings. The summed E-state index contributed by atoms with van der Waals surface area (Å²) in [6.07, 6.45) is -0.291. The molecular formula is C24H25NO2. The quantitative estimate of drug-likeness (QED) is 0.565. The van der Waals surface area contributed by atoms with Crippen molar-refractivity contribution in [2.45, 2.75) is 45.4 Å². The van der Waals surface area contributed by atoms with Gasteiger partial charge in [0.1, 0.15) is 6.61 Å². The summed E-state index contributed by atoms with van der Waals surface area (Å²) in [7, 11) is 0. The molecule has 0 aromatic heterocycles. The first kappa shape index (κ1) is 17.6. The Balaban J connectivity index is 1.76. The third kappa shape index (κ3) is 2.69. The molecule has 0 atom stereocenters. The van der Waals surface area contributed by atoms with Gasteiger partial charge in [-0.3, -0.25) is 4.90 Å². The minimum atomic E-state index is -0.481. The summed E-state index contributed by atoms with van der Waals surface area (Å²) in [6.45, 7) is 8.67. The van der Waals surface area contributed by atoms with E-state index in [1.54, 1.807) is 0 Å². The Labute approximate surface area is 160 Å². The summed E-state index contributed by atoms with van der Waals surface area (Å²) in [6, 6.07) is 22.5. The van der Waals surface area contributed by atoms with Gasteiger partial charge < -0.3 is 4.74 Å². The fourth-order valence-corrected chi connectivity index (χ4v) is 4.54. The average Bonchev–Trinajstić information content (AvgIpc) is 2.65. The van der Waals surface area contributed by atoms with Crippen LogP contribution in [0.3, 0.4) is 0 Å². The molecule has 0 saturated heterocycles. The van der Waals surface area contributed by atoms with Crippen LogP contribution in [-0.4, -0.2) is 11.0 Å². The first-order valence-corrected chi connectivity index (χ1v) is 9.37. The van der Waals surface area contributed by atoms with Crippen LogP contribution in [0.15, 0.2) is 66.7 Å². The predicted molar refractivity (Wildman–Crippen MR) is 108 cm³/mol. The van der Waals surface area contributed by atoms with Gasteiger partial charge in [-0.2, -0.15) is 0 Å². The van der Waals surface area contributed by atoms with Crippen LogP contribution in [0.4, 0.5) is 4.79 Å². The summed E-state index contributed by atoms with van der Waals surface area (Å²) in [5, 5.41) is 2.46. The molecule has 1 heterocycles. The Morgan fingerprint density at radius 3 is 1.93 bits per heavy atom. The molecule has 0 fully saturated rings. The van der Waals surface area contributed by atoms with Crippen LogP contribution in [0.25, 0.3) is 10.8 Å². The number of hydrogen-bond donors (Lipinski definition) is 0. The molecule has 1 aliphatic rings. The molecule has 0 unspecified atom stereocenters. The molecule has 3 heteroatoms. The van der Waals surface area contributed by atoms with Gasteiger partial charge in [-0.15, -0.1) is 0 Å². The third-order valence-corrected chi connectivity index (χ3v) is 5.73. The highest BCUT2D eigenvalue weighted by atomic mass is 16.6. The SMILES string of the molecule is CC1(C)c2cccc3cccc(c23)C(C)(C)N1C(=O)OCc1ccccc1. The van der Waals surface area contributed by atoms with Crippen molar-refractivity contribution in [1.29, 1.82) is 0 Å². The highest BCUT2D eigenvalue weighted by Gasteiger charge is 2.49. The molecule has 4 rings (SSSR count). The van der Waals surface area contributed by atoms with E-state index < -0.39 is 11.1 Å². The second-order valence-electron chi connectivity index (χ2n) is 8.20. The van der Waals surface area contributed by atoms with E-state index in [0.717, 1.165) is 16.7 Å². The molecule has 0 bridgehead atoms. The van der Waals surface area contributed by atoms with Crippen LogP contribution in [0.2, 0.25) is 0 Å². The van der Waals surface area contributed by atoms with Crippen LogP contribution >= 0.6 is 0 Å². The summed E-state index contributed by atoms with van der Waals surface area (Å²) in [4.78, 5) is 15.1. The molecule has 3 nitrogen and oxygen atoms in total. The zero-order valence-electron chi connectivity index (χ0n) is 16.3. The van der Waals surface area contributed by atoms with Crippen LogP contribution < -0.4 is 0 Å². The molecule has 0 saturated carbocycles. The molecule has 3 aromatic carbocycles. The van der Waals surface area contributed by atoms with Crippen LogP contribution in [0, 0.1) is 0 Å². The van der Waals surface area contributed by atoms with E-state index in [9.17, 15) is 4.79 Å². The molecule has 27 heavy (non-hydrogen) atoms. The molecule has 138 valence electrons. The molecular weight excluding hydrogens is 334 g/mol. The molecule has 1 amide bonds. The first-order valence-electron chi connectivity index (χ1n) is 9.37. The van der Waals surface area contributed by atoms with Gasteiger partial charge in [-0.1, -0.05) is 66.7 Å². The number of nitrogens with zero attached hydrogens (tertiary/aromatic N) is 1. The Hall–Kier alpha value is -2.81. The lowest BCUT2D eigenvalue weighted by atomic mass is 9.74. The number of rotatable bonds is 2. The van der Waals surface area contributed by atoms with Gasteiger partial charge in [0.25, 0.3) is 0 Å². The van der Waals surface area contributed by atoms with Crippen molar-refractivity contribution in [3.8, 4) is 0 Å². The lowest BCUT2D eigenvalue weighted by Gasteiger charge is -2.52. The van der Waals surface area contributed by atoms with Crippen molar-refractivity contribution in [2.75, 3.05) is 0 Å². The monoisotopic (exact) mass is 359 g/mol. The van der Waals surface area contributed by atoms with Crippen molar-refractivity contribution in [3.63, 3.8) is 0 Å². The minimum Gasteiger partial charge on any atom is -0.445 e. The van der Waals surface area contributed by atoms with Gasteiger partial charge in [-0.05, 0) is 55.2 Å². The van der Waals surface area contributed by atoms with Crippen LogP contribution in [-0.2, 0) is 22.4 Å². The summed E-state index contributed by atoms with van der Waals surface area (Å²) >= 11 is 0. The van der Waals surface area contributed by atoms with Crippen molar-refractivity contribution in [1.82, 2.24) is 4.90 Å². The maximum Gasteiger partial charge on any atom is 0.411 e. The summed E-state index contributed by atoms with van der Waals surface area (Å²) in [5.74, 6) is 0. The smallest absolute Gasteiger partial charge is 0.411 e. The summed E-state index contributed by atoms with van der Waals surface area (Å²) in [5.41, 5.74) is 2.34. The van der Waals surface area contributed by atoms with E-state index in [-0.39, 0.29) is 12.7 Å². The molecule has 0 radical (unpaired) electrons. The normalized spacial score (nSPS) is 17.0. The van der Waals surface area contributed by atoms with Crippen molar-refractivity contribution >= 4 is 16.9 Å². The number of carbonyl (C=O) groups excluding carboxylic acids is 1. The van der Waals surface area contributed by atoms with Crippen LogP contribution in [0.1, 0.15) is 44.4 Å². The number of benzene rings is 3. The lowest BCUT2D eigenvalue weighted by Crippen LogP contribution is -2.57. The highest BCUT2D eigenvalue weighted by molar-refractivity contribution is 5.93. The predicted octanol–water partition coefficient (Wildman–Crippen LogP) is 5.96. The number of amides is 1. The molecule has 0 aliphatic carbocycles. The maximum absolute atomic E-state index is 13.2. The van der Waals surface area contributed by atoms with E-state index in [1.807, 2.05) is 35.2 Å². The van der Waals surface area contributed by atoms with E-state index in [0.29, 0.717) is 0 Å². The molecule has 0 N–H and O–H groups in total. The Morgan fingerprint density at radius 2 is 1.37 bits per heavy atom. The highest BCUT2D eigenvalue weighted by Crippen LogP contribution is 2.49. The van der Waals surface area contributed by atoms with E-state index in [1.165, 1.54) is 10.8 Å². The molecule has 1 aliphatic heterocycles. The Kier molecular flexibility index (Phi) is 3.99. The number of hydrogen-bond acceptors (Lipinski definition) is 2. The zero-order chi connectivity index (χ0) is 19.2. The number of carbonyl (C=O) groups is 1. The zero-order valence-corrected chi connectivity index (χ0v) is 16.3. The largest absolute Gasteiger partial charge is 0.445 e. The van der Waals surface area contributed by atoms with Crippen molar-refractivity contribution in [2.24, 2.45) is 0 Å². The van der Waals surface area contributed by atoms with Gasteiger partial charge in [0.15, 0.2) is 0 Å². The van der Waals surface area contributed by atoms with Gasteiger partial charge in [0.05, 0.1) is 11.1 Å². The number of ether oxygens (including phenoxy) is 1. The summed E-state index contributed by atoms with van der Waals surface area (Å²) < 4.78 is 5.74. The minimum absolute atomic E-state index is 0.272. The fraction of sp³-hybridized carbons (Fsp3) is 0.292. The standard InChI is InChI=1S/C24H25NO2/c1-23(2)19-14-8-12-18-13-9-15-20(21(18)19)24(3,4)25(23)22(26)27-16-17-10-6-5-7-11-17/h5-15H,16H2,1-4H3. The maximum atomic E-state index is 13.2. The van der Waals surface area contributed by atoms with Gasteiger partial charge in [-0.25, -0.2) is 4.79 Å².